The summed E-state index contributed by atoms with van der Waals surface area (Å²) >= 11 is 0. The van der Waals surface area contributed by atoms with Gasteiger partial charge >= 0.3 is 10.1 Å². The van der Waals surface area contributed by atoms with Gasteiger partial charge in [-0.05, 0) is 62.2 Å². The van der Waals surface area contributed by atoms with Crippen molar-refractivity contribution in [2.24, 2.45) is 5.92 Å². The average molecular weight is 515 g/mol. The van der Waals surface area contributed by atoms with Crippen LogP contribution >= 0.6 is 0 Å². The number of hydrogen-bond donors (Lipinski definition) is 0. The molecule has 2 aromatic carbocycles. The summed E-state index contributed by atoms with van der Waals surface area (Å²) in [6.45, 7) is 10.2. The number of anilines is 1. The summed E-state index contributed by atoms with van der Waals surface area (Å²) in [7, 11) is -2.62. The molecule has 0 spiro atoms. The van der Waals surface area contributed by atoms with Crippen LogP contribution in [0.5, 0.6) is 11.5 Å². The Hall–Kier alpha value is -3.46. The highest BCUT2D eigenvalue weighted by molar-refractivity contribution is 7.87. The van der Waals surface area contributed by atoms with Crippen LogP contribution in [0.4, 0.5) is 5.69 Å². The Bertz CT molecular complexity index is 1230. The summed E-state index contributed by atoms with van der Waals surface area (Å²) in [5.74, 6) is 0.857. The van der Waals surface area contributed by atoms with E-state index in [1.165, 1.54) is 25.5 Å². The number of furan rings is 1. The maximum Gasteiger partial charge on any atom is 0.339 e. The van der Waals surface area contributed by atoms with Crippen molar-refractivity contribution in [1.29, 1.82) is 0 Å². The molecule has 0 unspecified atom stereocenters. The first-order valence-corrected chi connectivity index (χ1v) is 13.4. The van der Waals surface area contributed by atoms with Crippen LogP contribution in [-0.2, 0) is 16.7 Å². The quantitative estimate of drug-likeness (QED) is 0.307. The second-order valence-corrected chi connectivity index (χ2v) is 10.3. The van der Waals surface area contributed by atoms with E-state index in [0.29, 0.717) is 17.9 Å². The van der Waals surface area contributed by atoms with Gasteiger partial charge in [-0.15, -0.1) is 0 Å². The SMILES string of the molecule is CCN(CC)c1ccc(CN(CC(C)C)C(=O)c2ccco2)c(OS(=O)(=O)c2ccc(OC)cc2)c1. The molecule has 3 rings (SSSR count). The Morgan fingerprint density at radius 3 is 2.28 bits per heavy atom. The Labute approximate surface area is 213 Å². The third kappa shape index (κ3) is 6.60. The maximum atomic E-state index is 13.2. The zero-order chi connectivity index (χ0) is 26.3. The van der Waals surface area contributed by atoms with E-state index in [1.54, 1.807) is 35.2 Å². The molecule has 0 N–H and O–H groups in total. The number of ether oxygens (including phenoxy) is 1. The molecular weight excluding hydrogens is 480 g/mol. The predicted molar refractivity (Wildman–Crippen MR) is 139 cm³/mol. The van der Waals surface area contributed by atoms with Gasteiger partial charge in [0.15, 0.2) is 5.76 Å². The van der Waals surface area contributed by atoms with Crippen molar-refractivity contribution < 1.29 is 26.5 Å². The molecule has 0 aliphatic rings. The molecule has 8 nitrogen and oxygen atoms in total. The van der Waals surface area contributed by atoms with Crippen molar-refractivity contribution in [3.8, 4) is 11.5 Å². The third-order valence-corrected chi connectivity index (χ3v) is 6.94. The molecule has 0 bridgehead atoms. The van der Waals surface area contributed by atoms with Crippen LogP contribution in [-0.4, -0.2) is 46.0 Å². The minimum absolute atomic E-state index is 0.00758. The fraction of sp³-hybridized carbons (Fsp3) is 0.370. The van der Waals surface area contributed by atoms with Crippen molar-refractivity contribution in [2.75, 3.05) is 31.6 Å². The molecule has 9 heteroatoms. The van der Waals surface area contributed by atoms with Gasteiger partial charge in [0.1, 0.15) is 16.4 Å². The fourth-order valence-corrected chi connectivity index (χ4v) is 4.82. The number of carbonyl (C=O) groups is 1. The summed E-state index contributed by atoms with van der Waals surface area (Å²) < 4.78 is 42.5. The van der Waals surface area contributed by atoms with Gasteiger partial charge in [0.05, 0.1) is 13.4 Å². The zero-order valence-corrected chi connectivity index (χ0v) is 22.2. The van der Waals surface area contributed by atoms with E-state index in [1.807, 2.05) is 39.8 Å². The highest BCUT2D eigenvalue weighted by Crippen LogP contribution is 2.31. The number of benzene rings is 2. The first-order valence-electron chi connectivity index (χ1n) is 12.0. The molecule has 36 heavy (non-hydrogen) atoms. The minimum atomic E-state index is -4.14. The van der Waals surface area contributed by atoms with E-state index in [4.69, 9.17) is 13.3 Å². The van der Waals surface area contributed by atoms with Crippen LogP contribution in [0.15, 0.2) is 70.2 Å². The van der Waals surface area contributed by atoms with Crippen LogP contribution in [0.2, 0.25) is 0 Å². The van der Waals surface area contributed by atoms with Gasteiger partial charge in [-0.1, -0.05) is 19.9 Å². The lowest BCUT2D eigenvalue weighted by Gasteiger charge is -2.26. The summed E-state index contributed by atoms with van der Waals surface area (Å²) in [5, 5.41) is 0. The van der Waals surface area contributed by atoms with Crippen molar-refractivity contribution in [3.63, 3.8) is 0 Å². The number of carbonyl (C=O) groups excluding carboxylic acids is 1. The largest absolute Gasteiger partial charge is 0.497 e. The molecule has 1 aromatic heterocycles. The Kier molecular flexibility index (Phi) is 9.03. The normalized spacial score (nSPS) is 11.4. The van der Waals surface area contributed by atoms with E-state index >= 15 is 0 Å². The van der Waals surface area contributed by atoms with Gasteiger partial charge in [-0.3, -0.25) is 4.79 Å². The predicted octanol–water partition coefficient (Wildman–Crippen LogP) is 5.20. The van der Waals surface area contributed by atoms with Crippen molar-refractivity contribution in [2.45, 2.75) is 39.1 Å². The molecule has 1 heterocycles. The molecule has 0 saturated carbocycles. The molecule has 0 atom stereocenters. The number of amides is 1. The monoisotopic (exact) mass is 514 g/mol. The molecule has 1 amide bonds. The molecule has 0 radical (unpaired) electrons. The highest BCUT2D eigenvalue weighted by atomic mass is 32.2. The van der Waals surface area contributed by atoms with Gasteiger partial charge in [0.25, 0.3) is 5.91 Å². The third-order valence-electron chi connectivity index (χ3n) is 5.69. The summed E-state index contributed by atoms with van der Waals surface area (Å²) in [6, 6.07) is 14.7. The number of rotatable bonds is 12. The highest BCUT2D eigenvalue weighted by Gasteiger charge is 2.24. The van der Waals surface area contributed by atoms with Crippen LogP contribution < -0.4 is 13.8 Å². The molecule has 3 aromatic rings. The van der Waals surface area contributed by atoms with Crippen molar-refractivity contribution in [3.05, 3.63) is 72.2 Å². The maximum absolute atomic E-state index is 13.2. The second-order valence-electron chi connectivity index (χ2n) is 8.73. The van der Waals surface area contributed by atoms with Crippen LogP contribution in [0.25, 0.3) is 0 Å². The fourth-order valence-electron chi connectivity index (χ4n) is 3.87. The Morgan fingerprint density at radius 2 is 1.72 bits per heavy atom. The average Bonchev–Trinajstić information content (AvgIpc) is 3.40. The van der Waals surface area contributed by atoms with Crippen LogP contribution in [0.3, 0.4) is 0 Å². The smallest absolute Gasteiger partial charge is 0.339 e. The van der Waals surface area contributed by atoms with Crippen LogP contribution in [0.1, 0.15) is 43.8 Å². The Balaban J connectivity index is 2.01. The van der Waals surface area contributed by atoms with Gasteiger partial charge in [0.2, 0.25) is 0 Å². The molecule has 0 saturated heterocycles. The van der Waals surface area contributed by atoms with Crippen molar-refractivity contribution in [1.82, 2.24) is 4.90 Å². The minimum Gasteiger partial charge on any atom is -0.497 e. The number of hydrogen-bond acceptors (Lipinski definition) is 7. The number of nitrogens with zero attached hydrogens (tertiary/aromatic N) is 2. The van der Waals surface area contributed by atoms with Gasteiger partial charge < -0.3 is 23.1 Å². The second kappa shape index (κ2) is 12.0. The lowest BCUT2D eigenvalue weighted by molar-refractivity contribution is 0.0689. The number of methoxy groups -OCH3 is 1. The van der Waals surface area contributed by atoms with Gasteiger partial charge in [-0.2, -0.15) is 8.42 Å². The first kappa shape index (κ1) is 27.1. The van der Waals surface area contributed by atoms with E-state index in [9.17, 15) is 13.2 Å². The summed E-state index contributed by atoms with van der Waals surface area (Å²) in [6.07, 6.45) is 1.45. The van der Waals surface area contributed by atoms with E-state index < -0.39 is 10.1 Å². The summed E-state index contributed by atoms with van der Waals surface area (Å²) in [4.78, 5) is 16.9. The molecular formula is C27H34N2O6S. The molecule has 0 fully saturated rings. The first-order chi connectivity index (χ1) is 17.2. The lowest BCUT2D eigenvalue weighted by Crippen LogP contribution is -2.33. The van der Waals surface area contributed by atoms with Crippen molar-refractivity contribution >= 4 is 21.7 Å². The van der Waals surface area contributed by atoms with Gasteiger partial charge in [0, 0.05) is 43.5 Å². The van der Waals surface area contributed by atoms with E-state index in [2.05, 4.69) is 4.90 Å². The standard InChI is InChI=1S/C27H34N2O6S/c1-6-28(7-2)22-11-10-21(19-29(18-20(3)4)27(30)25-9-8-16-34-25)26(17-22)35-36(31,32)24-14-12-23(33-5)13-15-24/h8-17,20H,6-7,18-19H2,1-5H3. The van der Waals surface area contributed by atoms with E-state index in [0.717, 1.165) is 18.8 Å². The topological polar surface area (TPSA) is 89.3 Å². The van der Waals surface area contributed by atoms with E-state index in [-0.39, 0.29) is 34.8 Å². The molecule has 0 aliphatic carbocycles. The zero-order valence-electron chi connectivity index (χ0n) is 21.4. The van der Waals surface area contributed by atoms with Gasteiger partial charge in [-0.25, -0.2) is 0 Å². The molecule has 0 aliphatic heterocycles. The Morgan fingerprint density at radius 1 is 1.03 bits per heavy atom. The van der Waals surface area contributed by atoms with Crippen LogP contribution in [0, 0.1) is 5.92 Å². The summed E-state index contributed by atoms with van der Waals surface area (Å²) in [5.41, 5.74) is 1.40. The lowest BCUT2D eigenvalue weighted by atomic mass is 10.1. The molecule has 194 valence electrons.